The van der Waals surface area contributed by atoms with Crippen LogP contribution in [0.4, 0.5) is 11.4 Å². The highest BCUT2D eigenvalue weighted by Gasteiger charge is 2.26. The van der Waals surface area contributed by atoms with Crippen LogP contribution in [0.2, 0.25) is 0 Å². The Labute approximate surface area is 187 Å². The Morgan fingerprint density at radius 1 is 0.969 bits per heavy atom. The average molecular weight is 450 g/mol. The number of rotatable bonds is 6. The lowest BCUT2D eigenvalue weighted by Gasteiger charge is -2.18. The van der Waals surface area contributed by atoms with Gasteiger partial charge in [0, 0.05) is 37.0 Å². The van der Waals surface area contributed by atoms with E-state index >= 15 is 0 Å². The van der Waals surface area contributed by atoms with Crippen molar-refractivity contribution in [1.82, 2.24) is 4.72 Å². The molecule has 0 bridgehead atoms. The SMILES string of the molecule is CC(=O)Nc1ccc(S(=O)(=O)NCc2ccc3c(c2)N(C(=O)c2ccccc2)CC3)cc1. The molecule has 7 nitrogen and oxygen atoms in total. The number of fused-ring (bicyclic) bond motifs is 1. The lowest BCUT2D eigenvalue weighted by atomic mass is 10.1. The zero-order valence-electron chi connectivity index (χ0n) is 17.5. The summed E-state index contributed by atoms with van der Waals surface area (Å²) in [7, 11) is -3.73. The molecule has 164 valence electrons. The summed E-state index contributed by atoms with van der Waals surface area (Å²) in [5.74, 6) is -0.295. The summed E-state index contributed by atoms with van der Waals surface area (Å²) in [5, 5.41) is 2.60. The van der Waals surface area contributed by atoms with Gasteiger partial charge in [-0.15, -0.1) is 0 Å². The molecular weight excluding hydrogens is 426 g/mol. The van der Waals surface area contributed by atoms with Crippen molar-refractivity contribution >= 4 is 33.2 Å². The first-order valence-corrected chi connectivity index (χ1v) is 11.7. The highest BCUT2D eigenvalue weighted by molar-refractivity contribution is 7.89. The number of carbonyl (C=O) groups is 2. The van der Waals surface area contributed by atoms with Gasteiger partial charge in [0.25, 0.3) is 5.91 Å². The molecule has 2 N–H and O–H groups in total. The van der Waals surface area contributed by atoms with Crippen molar-refractivity contribution in [3.05, 3.63) is 89.5 Å². The molecule has 1 heterocycles. The van der Waals surface area contributed by atoms with Gasteiger partial charge in [0.1, 0.15) is 0 Å². The Bertz CT molecular complexity index is 1260. The smallest absolute Gasteiger partial charge is 0.258 e. The molecule has 0 aromatic heterocycles. The molecule has 32 heavy (non-hydrogen) atoms. The minimum atomic E-state index is -3.73. The van der Waals surface area contributed by atoms with E-state index in [4.69, 9.17) is 0 Å². The lowest BCUT2D eigenvalue weighted by molar-refractivity contribution is -0.114. The zero-order valence-corrected chi connectivity index (χ0v) is 18.4. The Kier molecular flexibility index (Phi) is 6.07. The molecule has 0 unspecified atom stereocenters. The third-order valence-electron chi connectivity index (χ3n) is 5.26. The van der Waals surface area contributed by atoms with Crippen LogP contribution in [-0.4, -0.2) is 26.8 Å². The van der Waals surface area contributed by atoms with E-state index in [1.165, 1.54) is 19.1 Å². The Hall–Kier alpha value is -3.49. The molecule has 3 aromatic carbocycles. The molecule has 1 aliphatic heterocycles. The van der Waals surface area contributed by atoms with Crippen LogP contribution >= 0.6 is 0 Å². The highest BCUT2D eigenvalue weighted by atomic mass is 32.2. The van der Waals surface area contributed by atoms with E-state index in [9.17, 15) is 18.0 Å². The van der Waals surface area contributed by atoms with Gasteiger partial charge in [0.15, 0.2) is 0 Å². The number of nitrogens with one attached hydrogen (secondary N) is 2. The first kappa shape index (κ1) is 21.7. The normalized spacial score (nSPS) is 13.0. The van der Waals surface area contributed by atoms with Crippen molar-refractivity contribution in [1.29, 1.82) is 0 Å². The summed E-state index contributed by atoms with van der Waals surface area (Å²) in [6, 6.07) is 20.8. The van der Waals surface area contributed by atoms with Crippen molar-refractivity contribution in [3.63, 3.8) is 0 Å². The van der Waals surface area contributed by atoms with E-state index in [2.05, 4.69) is 10.0 Å². The van der Waals surface area contributed by atoms with Gasteiger partial charge in [0.05, 0.1) is 4.90 Å². The van der Waals surface area contributed by atoms with Crippen LogP contribution in [0.1, 0.15) is 28.4 Å². The Morgan fingerprint density at radius 2 is 1.69 bits per heavy atom. The Balaban J connectivity index is 1.48. The predicted molar refractivity (Wildman–Crippen MR) is 123 cm³/mol. The third kappa shape index (κ3) is 4.71. The minimum absolute atomic E-state index is 0.0682. The van der Waals surface area contributed by atoms with Crippen LogP contribution in [-0.2, 0) is 27.8 Å². The predicted octanol–water partition coefficient (Wildman–Crippen LogP) is 3.33. The fraction of sp³-hybridized carbons (Fsp3) is 0.167. The average Bonchev–Trinajstić information content (AvgIpc) is 3.21. The fourth-order valence-electron chi connectivity index (χ4n) is 3.66. The highest BCUT2D eigenvalue weighted by Crippen LogP contribution is 2.30. The van der Waals surface area contributed by atoms with E-state index in [0.29, 0.717) is 17.8 Å². The van der Waals surface area contributed by atoms with E-state index < -0.39 is 10.0 Å². The standard InChI is InChI=1S/C24H23N3O4S/c1-17(28)26-21-9-11-22(12-10-21)32(30,31)25-16-18-7-8-19-13-14-27(23(19)15-18)24(29)20-5-3-2-4-6-20/h2-12,15,25H,13-14,16H2,1H3,(H,26,28). The molecule has 0 saturated carbocycles. The zero-order chi connectivity index (χ0) is 22.7. The third-order valence-corrected chi connectivity index (χ3v) is 6.68. The van der Waals surface area contributed by atoms with Gasteiger partial charge < -0.3 is 10.2 Å². The molecule has 8 heteroatoms. The maximum atomic E-state index is 12.9. The van der Waals surface area contributed by atoms with Gasteiger partial charge in [0.2, 0.25) is 15.9 Å². The summed E-state index contributed by atoms with van der Waals surface area (Å²) in [4.78, 5) is 25.9. The van der Waals surface area contributed by atoms with Crippen molar-refractivity contribution in [3.8, 4) is 0 Å². The largest absolute Gasteiger partial charge is 0.326 e. The summed E-state index contributed by atoms with van der Waals surface area (Å²) in [5.41, 5.74) is 3.78. The number of carbonyl (C=O) groups excluding carboxylic acids is 2. The van der Waals surface area contributed by atoms with Crippen molar-refractivity contribution in [2.45, 2.75) is 24.8 Å². The van der Waals surface area contributed by atoms with E-state index in [1.807, 2.05) is 36.4 Å². The molecule has 0 spiro atoms. The molecule has 4 rings (SSSR count). The van der Waals surface area contributed by atoms with Crippen LogP contribution in [0.5, 0.6) is 0 Å². The van der Waals surface area contributed by atoms with Gasteiger partial charge in [-0.25, -0.2) is 13.1 Å². The number of sulfonamides is 1. The minimum Gasteiger partial charge on any atom is -0.326 e. The van der Waals surface area contributed by atoms with Crippen LogP contribution in [0.3, 0.4) is 0 Å². The second-order valence-corrected chi connectivity index (χ2v) is 9.33. The molecule has 0 aliphatic carbocycles. The number of hydrogen-bond acceptors (Lipinski definition) is 4. The molecule has 0 saturated heterocycles. The number of anilines is 2. The molecule has 3 aromatic rings. The van der Waals surface area contributed by atoms with Gasteiger partial charge in [-0.1, -0.05) is 30.3 Å². The summed E-state index contributed by atoms with van der Waals surface area (Å²) >= 11 is 0. The van der Waals surface area contributed by atoms with E-state index in [-0.39, 0.29) is 23.3 Å². The summed E-state index contributed by atoms with van der Waals surface area (Å²) in [6.07, 6.45) is 0.764. The van der Waals surface area contributed by atoms with E-state index in [1.54, 1.807) is 29.2 Å². The maximum absolute atomic E-state index is 12.9. The fourth-order valence-corrected chi connectivity index (χ4v) is 4.68. The second-order valence-electron chi connectivity index (χ2n) is 7.57. The topological polar surface area (TPSA) is 95.6 Å². The van der Waals surface area contributed by atoms with Crippen molar-refractivity contribution in [2.75, 3.05) is 16.8 Å². The monoisotopic (exact) mass is 449 g/mol. The van der Waals surface area contributed by atoms with Crippen LogP contribution in [0.15, 0.2) is 77.7 Å². The quantitative estimate of drug-likeness (QED) is 0.603. The molecule has 0 fully saturated rings. The van der Waals surface area contributed by atoms with Crippen LogP contribution in [0.25, 0.3) is 0 Å². The number of benzene rings is 3. The van der Waals surface area contributed by atoms with E-state index in [0.717, 1.165) is 23.2 Å². The van der Waals surface area contributed by atoms with Crippen LogP contribution < -0.4 is 14.9 Å². The molecule has 0 atom stereocenters. The lowest BCUT2D eigenvalue weighted by Crippen LogP contribution is -2.29. The molecule has 0 radical (unpaired) electrons. The van der Waals surface area contributed by atoms with Gasteiger partial charge in [-0.3, -0.25) is 9.59 Å². The number of nitrogens with zero attached hydrogens (tertiary/aromatic N) is 1. The van der Waals surface area contributed by atoms with Gasteiger partial charge in [-0.05, 0) is 60.0 Å². The number of hydrogen-bond donors (Lipinski definition) is 2. The maximum Gasteiger partial charge on any atom is 0.258 e. The van der Waals surface area contributed by atoms with Gasteiger partial charge >= 0.3 is 0 Å². The Morgan fingerprint density at radius 3 is 2.38 bits per heavy atom. The number of amides is 2. The van der Waals surface area contributed by atoms with Crippen molar-refractivity contribution in [2.24, 2.45) is 0 Å². The molecule has 2 amide bonds. The second kappa shape index (κ2) is 8.94. The van der Waals surface area contributed by atoms with Crippen molar-refractivity contribution < 1.29 is 18.0 Å². The molecular formula is C24H23N3O4S. The summed E-state index contributed by atoms with van der Waals surface area (Å²) < 4.78 is 27.9. The molecule has 1 aliphatic rings. The van der Waals surface area contributed by atoms with Gasteiger partial charge in [-0.2, -0.15) is 0 Å². The first-order valence-electron chi connectivity index (χ1n) is 10.2. The summed E-state index contributed by atoms with van der Waals surface area (Å²) in [6.45, 7) is 2.08. The first-order chi connectivity index (χ1) is 15.3. The van der Waals surface area contributed by atoms with Crippen LogP contribution in [0, 0.1) is 0 Å².